The summed E-state index contributed by atoms with van der Waals surface area (Å²) in [6.07, 6.45) is 0. The van der Waals surface area contributed by atoms with Gasteiger partial charge in [0.05, 0.1) is 30.1 Å². The molecule has 2 aromatic carbocycles. The lowest BCUT2D eigenvalue weighted by Crippen LogP contribution is -2.22. The minimum atomic E-state index is -3.60. The number of rotatable bonds is 8. The van der Waals surface area contributed by atoms with Crippen LogP contribution >= 0.6 is 0 Å². The fourth-order valence-corrected chi connectivity index (χ4v) is 3.64. The average Bonchev–Trinajstić information content (AvgIpc) is 3.26. The Morgan fingerprint density at radius 2 is 1.70 bits per heavy atom. The van der Waals surface area contributed by atoms with E-state index in [1.54, 1.807) is 0 Å². The molecule has 14 heteroatoms. The number of hydrogen-bond donors (Lipinski definition) is 1. The number of nitro benzene ring substituents is 1. The fraction of sp³-hybridized carbons (Fsp3) is 0.211. The molecule has 13 nitrogen and oxygen atoms in total. The molecule has 0 saturated carbocycles. The van der Waals surface area contributed by atoms with Gasteiger partial charge in [0.1, 0.15) is 5.56 Å². The predicted octanol–water partition coefficient (Wildman–Crippen LogP) is 2.16. The molecule has 0 radical (unpaired) electrons. The van der Waals surface area contributed by atoms with Crippen molar-refractivity contribution in [2.75, 3.05) is 33.6 Å². The van der Waals surface area contributed by atoms with Crippen molar-refractivity contribution in [3.63, 3.8) is 0 Å². The molecular weight excluding hydrogens is 458 g/mol. The smallest absolute Gasteiger partial charge is 0.322 e. The van der Waals surface area contributed by atoms with Gasteiger partial charge in [-0.25, -0.2) is 12.7 Å². The second-order valence-corrected chi connectivity index (χ2v) is 8.81. The van der Waals surface area contributed by atoms with E-state index in [1.807, 2.05) is 0 Å². The van der Waals surface area contributed by atoms with E-state index in [9.17, 15) is 23.3 Å². The van der Waals surface area contributed by atoms with Gasteiger partial charge in [0, 0.05) is 25.7 Å². The molecule has 0 aliphatic heterocycles. The van der Waals surface area contributed by atoms with E-state index in [0.29, 0.717) is 5.56 Å². The Hall–Kier alpha value is -4.04. The SMILES string of the molecule is COc1cc(C(=O)Nc2nnc(-c3ccc(S(=O)(=O)N(C)C)cc3)o2)c([N+](=O)[O-])cc1OC. The average molecular weight is 477 g/mol. The zero-order valence-corrected chi connectivity index (χ0v) is 18.7. The van der Waals surface area contributed by atoms with E-state index >= 15 is 0 Å². The van der Waals surface area contributed by atoms with Crippen LogP contribution in [0.5, 0.6) is 11.5 Å². The van der Waals surface area contributed by atoms with Gasteiger partial charge in [-0.2, -0.15) is 0 Å². The van der Waals surface area contributed by atoms with Crippen molar-refractivity contribution in [2.45, 2.75) is 4.90 Å². The van der Waals surface area contributed by atoms with Crippen LogP contribution in [0.4, 0.5) is 11.7 Å². The van der Waals surface area contributed by atoms with Crippen LogP contribution in [0.15, 0.2) is 45.7 Å². The van der Waals surface area contributed by atoms with E-state index in [-0.39, 0.29) is 33.9 Å². The highest BCUT2D eigenvalue weighted by Gasteiger charge is 2.26. The number of carbonyl (C=O) groups excluding carboxylic acids is 1. The van der Waals surface area contributed by atoms with Gasteiger partial charge in [-0.05, 0) is 24.3 Å². The monoisotopic (exact) mass is 477 g/mol. The molecule has 3 rings (SSSR count). The summed E-state index contributed by atoms with van der Waals surface area (Å²) in [7, 11) is 1.86. The molecule has 0 spiro atoms. The van der Waals surface area contributed by atoms with Crippen LogP contribution in [0.1, 0.15) is 10.4 Å². The lowest BCUT2D eigenvalue weighted by molar-refractivity contribution is -0.385. The standard InChI is InChI=1S/C19H19N5O8S/c1-23(2)33(28,29)12-7-5-11(6-8-12)18-21-22-19(32-18)20-17(25)13-9-15(30-3)16(31-4)10-14(13)24(26)27/h5-10H,1-4H3,(H,20,22,25). The summed E-state index contributed by atoms with van der Waals surface area (Å²) in [4.78, 5) is 23.4. The molecule has 3 aromatic rings. The minimum absolute atomic E-state index is 0.000845. The van der Waals surface area contributed by atoms with Crippen molar-refractivity contribution in [3.8, 4) is 23.0 Å². The second kappa shape index (κ2) is 9.22. The Morgan fingerprint density at radius 1 is 1.09 bits per heavy atom. The Balaban J connectivity index is 1.85. The van der Waals surface area contributed by atoms with Crippen molar-refractivity contribution in [2.24, 2.45) is 0 Å². The van der Waals surface area contributed by atoms with Gasteiger partial charge >= 0.3 is 6.01 Å². The maximum atomic E-state index is 12.7. The highest BCUT2D eigenvalue weighted by atomic mass is 32.2. The van der Waals surface area contributed by atoms with Crippen molar-refractivity contribution in [1.82, 2.24) is 14.5 Å². The van der Waals surface area contributed by atoms with E-state index < -0.39 is 26.5 Å². The quantitative estimate of drug-likeness (QED) is 0.375. The molecule has 1 N–H and O–H groups in total. The molecule has 0 aliphatic carbocycles. The number of nitrogens with one attached hydrogen (secondary N) is 1. The minimum Gasteiger partial charge on any atom is -0.493 e. The molecule has 0 bridgehead atoms. The lowest BCUT2D eigenvalue weighted by atomic mass is 10.1. The van der Waals surface area contributed by atoms with Crippen molar-refractivity contribution in [3.05, 3.63) is 52.1 Å². The molecule has 1 aromatic heterocycles. The van der Waals surface area contributed by atoms with E-state index in [4.69, 9.17) is 13.9 Å². The summed E-state index contributed by atoms with van der Waals surface area (Å²) >= 11 is 0. The van der Waals surface area contributed by atoms with E-state index in [0.717, 1.165) is 16.4 Å². The third-order valence-corrected chi connectivity index (χ3v) is 6.30. The topological polar surface area (TPSA) is 167 Å². The van der Waals surface area contributed by atoms with Crippen molar-refractivity contribution < 1.29 is 32.0 Å². The zero-order chi connectivity index (χ0) is 24.3. The third kappa shape index (κ3) is 4.75. The van der Waals surface area contributed by atoms with E-state index in [2.05, 4.69) is 15.5 Å². The largest absolute Gasteiger partial charge is 0.493 e. The van der Waals surface area contributed by atoms with Gasteiger partial charge in [-0.3, -0.25) is 20.2 Å². The Morgan fingerprint density at radius 3 is 2.24 bits per heavy atom. The van der Waals surface area contributed by atoms with Gasteiger partial charge in [-0.15, -0.1) is 5.10 Å². The number of benzene rings is 2. The molecule has 0 saturated heterocycles. The summed E-state index contributed by atoms with van der Waals surface area (Å²) in [5.41, 5.74) is -0.420. The third-order valence-electron chi connectivity index (χ3n) is 4.47. The van der Waals surface area contributed by atoms with Crippen LogP contribution in [0.2, 0.25) is 0 Å². The van der Waals surface area contributed by atoms with Crippen LogP contribution < -0.4 is 14.8 Å². The van der Waals surface area contributed by atoms with Crippen LogP contribution in [-0.4, -0.2) is 62.1 Å². The summed E-state index contributed by atoms with van der Waals surface area (Å²) in [5.74, 6) is -0.682. The number of sulfonamides is 1. The molecule has 1 amide bonds. The van der Waals surface area contributed by atoms with Crippen molar-refractivity contribution in [1.29, 1.82) is 0 Å². The lowest BCUT2D eigenvalue weighted by Gasteiger charge is -2.11. The van der Waals surface area contributed by atoms with Gasteiger partial charge in [0.25, 0.3) is 11.6 Å². The van der Waals surface area contributed by atoms with Crippen LogP contribution in [0, 0.1) is 10.1 Å². The number of ether oxygens (including phenoxy) is 2. The first-order chi connectivity index (χ1) is 15.6. The maximum Gasteiger partial charge on any atom is 0.322 e. The van der Waals surface area contributed by atoms with Crippen molar-refractivity contribution >= 4 is 27.6 Å². The molecule has 33 heavy (non-hydrogen) atoms. The Kier molecular flexibility index (Phi) is 6.60. The van der Waals surface area contributed by atoms with E-state index in [1.165, 1.54) is 52.6 Å². The Labute approximate surface area is 188 Å². The molecular formula is C19H19N5O8S. The summed E-state index contributed by atoms with van der Waals surface area (Å²) in [6, 6.07) is 7.59. The Bertz CT molecular complexity index is 1300. The number of nitrogens with zero attached hydrogens (tertiary/aromatic N) is 4. The van der Waals surface area contributed by atoms with Gasteiger partial charge in [0.15, 0.2) is 11.5 Å². The normalized spacial score (nSPS) is 11.3. The van der Waals surface area contributed by atoms with Gasteiger partial charge < -0.3 is 13.9 Å². The number of aromatic nitrogens is 2. The number of anilines is 1. The first-order valence-corrected chi connectivity index (χ1v) is 10.6. The van der Waals surface area contributed by atoms with Gasteiger partial charge in [-0.1, -0.05) is 5.10 Å². The van der Waals surface area contributed by atoms with Crippen LogP contribution in [-0.2, 0) is 10.0 Å². The molecule has 174 valence electrons. The summed E-state index contributed by atoms with van der Waals surface area (Å²) < 4.78 is 40.9. The number of carbonyl (C=O) groups is 1. The number of methoxy groups -OCH3 is 2. The highest BCUT2D eigenvalue weighted by Crippen LogP contribution is 2.35. The number of amides is 1. The molecule has 0 aliphatic rings. The van der Waals surface area contributed by atoms with Crippen LogP contribution in [0.25, 0.3) is 11.5 Å². The summed E-state index contributed by atoms with van der Waals surface area (Å²) in [6.45, 7) is 0. The molecule has 0 atom stereocenters. The molecule has 0 fully saturated rings. The highest BCUT2D eigenvalue weighted by molar-refractivity contribution is 7.89. The van der Waals surface area contributed by atoms with Crippen LogP contribution in [0.3, 0.4) is 0 Å². The molecule has 1 heterocycles. The first kappa shape index (κ1) is 23.6. The second-order valence-electron chi connectivity index (χ2n) is 6.66. The zero-order valence-electron chi connectivity index (χ0n) is 17.9. The number of hydrogen-bond acceptors (Lipinski definition) is 10. The maximum absolute atomic E-state index is 12.7. The fourth-order valence-electron chi connectivity index (χ4n) is 2.74. The summed E-state index contributed by atoms with van der Waals surface area (Å²) in [5, 5.41) is 21.2. The van der Waals surface area contributed by atoms with Gasteiger partial charge in [0.2, 0.25) is 15.9 Å². The number of nitro groups is 1. The predicted molar refractivity (Wildman–Crippen MR) is 115 cm³/mol. The molecule has 0 unspecified atom stereocenters. The first-order valence-electron chi connectivity index (χ1n) is 9.16.